The van der Waals surface area contributed by atoms with Gasteiger partial charge in [-0.15, -0.1) is 34.9 Å². The first kappa shape index (κ1) is 33.1. The van der Waals surface area contributed by atoms with Crippen LogP contribution in [0, 0.1) is 16.7 Å². The Labute approximate surface area is 269 Å². The Balaban J connectivity index is 1.50. The highest BCUT2D eigenvalue weighted by molar-refractivity contribution is 8.02. The second-order valence-electron chi connectivity index (χ2n) is 9.40. The zero-order chi connectivity index (χ0) is 32.3. The molecule has 8 N–H and O–H groups in total. The third kappa shape index (κ3) is 6.94. The molecule has 2 atom stereocenters. The maximum atomic E-state index is 13.2. The van der Waals surface area contributed by atoms with Crippen molar-refractivity contribution < 1.29 is 34.2 Å². The van der Waals surface area contributed by atoms with Crippen molar-refractivity contribution >= 4 is 98.6 Å². The fourth-order valence-corrected chi connectivity index (χ4v) is 8.53. The fraction of sp³-hybridized carbons (Fsp3) is 0.348. The van der Waals surface area contributed by atoms with Gasteiger partial charge in [0.15, 0.2) is 10.8 Å². The van der Waals surface area contributed by atoms with E-state index in [4.69, 9.17) is 21.7 Å². The van der Waals surface area contributed by atoms with E-state index in [1.807, 2.05) is 0 Å². The first-order valence-corrected chi connectivity index (χ1v) is 16.8. The number of nitriles is 1. The van der Waals surface area contributed by atoms with E-state index in [2.05, 4.69) is 25.9 Å². The number of carboxylic acids is 2. The number of nitrogens with one attached hydrogen (secondary N) is 2. The van der Waals surface area contributed by atoms with Gasteiger partial charge < -0.3 is 31.8 Å². The molecule has 16 nitrogen and oxygen atoms in total. The molecule has 0 spiro atoms. The molecule has 4 rings (SSSR count). The van der Waals surface area contributed by atoms with E-state index in [0.717, 1.165) is 39.5 Å². The number of amidine groups is 1. The van der Waals surface area contributed by atoms with E-state index in [1.165, 1.54) is 42.8 Å². The van der Waals surface area contributed by atoms with E-state index in [-0.39, 0.29) is 39.6 Å². The minimum Gasteiger partial charge on any atom is -0.478 e. The standard InChI is InChI=1S/C23H23N9O7S5/c1-23(2,21(37)38)39-30-12(10-6-43-22(27)28-10)15(33)29-13-17(34)32-14(19(35)36)8(4-41-18(13)32)5-42-20-9(3-24)16(31-44-20)40-7-11(25)26/h6,13,18H,4-5,7H2,1-2H3,(H3,25,26)(H2,27,28)(H,29,33)(H,35,36)(H,37,38)/t13-,18+/m1/s1. The molecule has 2 aromatic heterocycles. The lowest BCUT2D eigenvalue weighted by Crippen LogP contribution is -2.71. The van der Waals surface area contributed by atoms with Crippen LogP contribution in [0.1, 0.15) is 25.1 Å². The van der Waals surface area contributed by atoms with Gasteiger partial charge in [0, 0.05) is 16.9 Å². The topological polar surface area (TPSA) is 271 Å². The number of aromatic nitrogens is 2. The lowest BCUT2D eigenvalue weighted by Gasteiger charge is -2.49. The summed E-state index contributed by atoms with van der Waals surface area (Å²) in [5, 5.41) is 43.8. The van der Waals surface area contributed by atoms with Gasteiger partial charge in [-0.2, -0.15) is 9.64 Å². The fourth-order valence-electron chi connectivity index (χ4n) is 3.65. The zero-order valence-electron chi connectivity index (χ0n) is 22.7. The Morgan fingerprint density at radius 2 is 2.09 bits per heavy atom. The summed E-state index contributed by atoms with van der Waals surface area (Å²) < 4.78 is 4.81. The van der Waals surface area contributed by atoms with Crippen molar-refractivity contribution in [2.24, 2.45) is 10.9 Å². The summed E-state index contributed by atoms with van der Waals surface area (Å²) in [6.07, 6.45) is 0. The number of anilines is 1. The Hall–Kier alpha value is -3.84. The highest BCUT2D eigenvalue weighted by atomic mass is 32.2. The number of oxime groups is 1. The molecule has 0 saturated carbocycles. The summed E-state index contributed by atoms with van der Waals surface area (Å²) in [5.74, 6) is -3.74. The van der Waals surface area contributed by atoms with Crippen molar-refractivity contribution in [3.8, 4) is 6.07 Å². The molecule has 1 fully saturated rings. The minimum absolute atomic E-state index is 0.000738. The molecule has 21 heteroatoms. The van der Waals surface area contributed by atoms with Gasteiger partial charge in [-0.05, 0) is 31.0 Å². The van der Waals surface area contributed by atoms with Crippen molar-refractivity contribution in [3.05, 3.63) is 27.9 Å². The van der Waals surface area contributed by atoms with Gasteiger partial charge >= 0.3 is 11.9 Å². The van der Waals surface area contributed by atoms with Gasteiger partial charge in [-0.3, -0.25) is 19.9 Å². The van der Waals surface area contributed by atoms with Crippen molar-refractivity contribution in [2.75, 3.05) is 23.0 Å². The minimum atomic E-state index is -1.78. The third-order valence-corrected chi connectivity index (χ3v) is 11.2. The van der Waals surface area contributed by atoms with Crippen LogP contribution in [0.2, 0.25) is 0 Å². The molecule has 2 aromatic rings. The van der Waals surface area contributed by atoms with E-state index in [0.29, 0.717) is 20.4 Å². The third-order valence-electron chi connectivity index (χ3n) is 5.88. The molecule has 0 radical (unpaired) electrons. The number of carbonyl (C=O) groups excluding carboxylic acids is 2. The first-order valence-electron chi connectivity index (χ1n) is 12.1. The second kappa shape index (κ2) is 13.4. The molecule has 2 amide bonds. The summed E-state index contributed by atoms with van der Waals surface area (Å²) in [5.41, 5.74) is 9.42. The summed E-state index contributed by atoms with van der Waals surface area (Å²) in [6, 6.07) is 0.973. The molecule has 0 aromatic carbocycles. The summed E-state index contributed by atoms with van der Waals surface area (Å²) in [4.78, 5) is 60.4. The lowest BCUT2D eigenvalue weighted by atomic mass is 10.0. The molecule has 4 heterocycles. The number of aliphatic carboxylic acids is 2. The molecule has 1 saturated heterocycles. The van der Waals surface area contributed by atoms with Crippen molar-refractivity contribution in [1.29, 1.82) is 10.7 Å². The van der Waals surface area contributed by atoms with E-state index in [1.54, 1.807) is 0 Å². The number of hydrogen-bond acceptors (Lipinski definition) is 16. The molecule has 0 aliphatic carbocycles. The molecule has 232 valence electrons. The lowest BCUT2D eigenvalue weighted by molar-refractivity contribution is -0.161. The van der Waals surface area contributed by atoms with Gasteiger partial charge in [0.25, 0.3) is 11.8 Å². The average Bonchev–Trinajstić information content (AvgIpc) is 3.58. The highest BCUT2D eigenvalue weighted by Gasteiger charge is 2.54. The predicted octanol–water partition coefficient (Wildman–Crippen LogP) is 1.20. The van der Waals surface area contributed by atoms with Gasteiger partial charge in [-0.25, -0.2) is 14.6 Å². The normalized spacial score (nSPS) is 18.2. The summed E-state index contributed by atoms with van der Waals surface area (Å²) >= 11 is 5.69. The molecule has 0 unspecified atom stereocenters. The number of nitrogens with two attached hydrogens (primary N) is 2. The number of fused-ring (bicyclic) bond motifs is 1. The molecular weight excluding hydrogens is 675 g/mol. The van der Waals surface area contributed by atoms with Crippen LogP contribution in [0.3, 0.4) is 0 Å². The van der Waals surface area contributed by atoms with Crippen LogP contribution in [0.15, 0.2) is 31.0 Å². The maximum absolute atomic E-state index is 13.2. The Morgan fingerprint density at radius 1 is 1.36 bits per heavy atom. The van der Waals surface area contributed by atoms with Gasteiger partial charge in [0.2, 0.25) is 5.60 Å². The summed E-state index contributed by atoms with van der Waals surface area (Å²) in [6.45, 7) is 2.46. The van der Waals surface area contributed by atoms with Crippen molar-refractivity contribution in [3.63, 3.8) is 0 Å². The number of thiazole rings is 1. The first-order chi connectivity index (χ1) is 20.7. The molecular formula is C23H23N9O7S5. The number of hydrogen-bond donors (Lipinski definition) is 6. The number of β-lactam (4-membered cyclic amide) rings is 1. The molecule has 44 heavy (non-hydrogen) atoms. The van der Waals surface area contributed by atoms with Gasteiger partial charge in [-0.1, -0.05) is 16.9 Å². The second-order valence-corrected chi connectivity index (χ2v) is 14.4. The Bertz CT molecular complexity index is 1640. The van der Waals surface area contributed by atoms with Crippen molar-refractivity contribution in [2.45, 2.75) is 40.1 Å². The van der Waals surface area contributed by atoms with E-state index < -0.39 is 46.5 Å². The number of carbonyl (C=O) groups is 4. The Morgan fingerprint density at radius 3 is 2.68 bits per heavy atom. The highest BCUT2D eigenvalue weighted by Crippen LogP contribution is 2.43. The largest absolute Gasteiger partial charge is 0.478 e. The number of nitrogens with zero attached hydrogens (tertiary/aromatic N) is 5. The smallest absolute Gasteiger partial charge is 0.352 e. The average molecular weight is 698 g/mol. The van der Waals surface area contributed by atoms with E-state index >= 15 is 0 Å². The van der Waals surface area contributed by atoms with Crippen LogP contribution >= 0.6 is 58.2 Å². The van der Waals surface area contributed by atoms with Gasteiger partial charge in [0.05, 0.1) is 9.96 Å². The van der Waals surface area contributed by atoms with Crippen LogP contribution in [-0.4, -0.2) is 94.0 Å². The van der Waals surface area contributed by atoms with Gasteiger partial charge in [0.1, 0.15) is 45.3 Å². The van der Waals surface area contributed by atoms with E-state index in [9.17, 15) is 34.7 Å². The number of rotatable bonds is 13. The SMILES string of the molecule is CC(C)(ON=C(C(=O)N[C@@H]1C(=O)N2C(C(=O)O)=C(CSc3snc(SCC(=N)N)c3C#N)CS[C@@H]12)c1csc(N)n1)C(=O)O. The van der Waals surface area contributed by atoms with Crippen LogP contribution in [0.25, 0.3) is 0 Å². The van der Waals surface area contributed by atoms with Crippen LogP contribution in [-0.2, 0) is 24.0 Å². The molecule has 0 bridgehead atoms. The predicted molar refractivity (Wildman–Crippen MR) is 166 cm³/mol. The zero-order valence-corrected chi connectivity index (χ0v) is 26.8. The molecule has 2 aliphatic heterocycles. The van der Waals surface area contributed by atoms with Crippen LogP contribution < -0.4 is 16.8 Å². The monoisotopic (exact) mass is 697 g/mol. The summed E-state index contributed by atoms with van der Waals surface area (Å²) in [7, 11) is 0. The van der Waals surface area contributed by atoms with Crippen LogP contribution in [0.4, 0.5) is 5.13 Å². The number of thioether (sulfide) groups is 3. The van der Waals surface area contributed by atoms with Crippen molar-refractivity contribution in [1.82, 2.24) is 19.6 Å². The number of nitrogen functional groups attached to an aromatic ring is 1. The number of carboxylic acid groups (broad SMARTS) is 2. The number of amides is 2. The van der Waals surface area contributed by atoms with Crippen LogP contribution in [0.5, 0.6) is 0 Å². The maximum Gasteiger partial charge on any atom is 0.352 e. The Kier molecular flexibility index (Phi) is 10.1. The molecule has 2 aliphatic rings. The quantitative estimate of drug-likeness (QED) is 0.0564.